The molecule has 0 rings (SSSR count). The summed E-state index contributed by atoms with van der Waals surface area (Å²) < 4.78 is 10.3. The average Bonchev–Trinajstić information content (AvgIpc) is 1.80. The van der Waals surface area contributed by atoms with E-state index < -0.39 is 13.9 Å². The van der Waals surface area contributed by atoms with Crippen LogP contribution in [0.3, 0.4) is 0 Å². The van der Waals surface area contributed by atoms with Crippen LogP contribution >= 0.6 is 0 Å². The minimum absolute atomic E-state index is 0.315. The maximum absolute atomic E-state index is 11.2. The van der Waals surface area contributed by atoms with Crippen molar-refractivity contribution < 1.29 is 14.0 Å². The van der Waals surface area contributed by atoms with Gasteiger partial charge in [-0.3, -0.25) is 0 Å². The third kappa shape index (κ3) is 3.87. The molecule has 0 aromatic carbocycles. The number of hydrogen-bond acceptors (Lipinski definition) is 3. The maximum atomic E-state index is 11.2. The Morgan fingerprint density at radius 3 is 1.92 bits per heavy atom. The van der Waals surface area contributed by atoms with Crippen LogP contribution in [0.2, 0.25) is 19.6 Å². The fourth-order valence-corrected chi connectivity index (χ4v) is 2.67. The van der Waals surface area contributed by atoms with Gasteiger partial charge >= 0.3 is 5.97 Å². The Labute approximate surface area is 75.2 Å². The van der Waals surface area contributed by atoms with Gasteiger partial charge < -0.3 is 9.16 Å². The molecule has 0 heterocycles. The van der Waals surface area contributed by atoms with Crippen molar-refractivity contribution in [2.75, 3.05) is 7.11 Å². The molecule has 3 nitrogen and oxygen atoms in total. The number of hydrogen-bond donors (Lipinski definition) is 0. The van der Waals surface area contributed by atoms with Crippen LogP contribution in [0.5, 0.6) is 0 Å². The van der Waals surface area contributed by atoms with Crippen molar-refractivity contribution in [1.82, 2.24) is 0 Å². The molecule has 0 atom stereocenters. The smallest absolute Gasteiger partial charge is 0.336 e. The molecule has 0 aliphatic heterocycles. The predicted molar refractivity (Wildman–Crippen MR) is 50.5 cm³/mol. The van der Waals surface area contributed by atoms with Crippen molar-refractivity contribution in [2.45, 2.75) is 39.1 Å². The zero-order chi connectivity index (χ0) is 9.99. The molecule has 0 bridgehead atoms. The Morgan fingerprint density at radius 1 is 1.25 bits per heavy atom. The van der Waals surface area contributed by atoms with Crippen molar-refractivity contribution in [3.63, 3.8) is 0 Å². The van der Waals surface area contributed by atoms with E-state index in [1.54, 1.807) is 13.8 Å². The Bertz CT molecular complexity index is 170. The SMILES string of the molecule is COC(=O)C(C)(C)O[Si](C)(C)C. The fraction of sp³-hybridized carbons (Fsp3) is 0.875. The van der Waals surface area contributed by atoms with Gasteiger partial charge in [0.2, 0.25) is 0 Å². The summed E-state index contributed by atoms with van der Waals surface area (Å²) in [6.07, 6.45) is 0. The highest BCUT2D eigenvalue weighted by Gasteiger charge is 2.34. The van der Waals surface area contributed by atoms with Gasteiger partial charge in [-0.15, -0.1) is 0 Å². The maximum Gasteiger partial charge on any atom is 0.336 e. The summed E-state index contributed by atoms with van der Waals surface area (Å²) in [7, 11) is -0.300. The first kappa shape index (κ1) is 11.6. The summed E-state index contributed by atoms with van der Waals surface area (Å²) >= 11 is 0. The van der Waals surface area contributed by atoms with Crippen LogP contribution < -0.4 is 0 Å². The number of carbonyl (C=O) groups is 1. The molecule has 0 aromatic rings. The predicted octanol–water partition coefficient (Wildman–Crippen LogP) is 1.79. The van der Waals surface area contributed by atoms with Crippen molar-refractivity contribution in [2.24, 2.45) is 0 Å². The standard InChI is InChI=1S/C8H18O3Si/c1-8(2,7(9)10-3)11-12(4,5)6/h1-6H3. The zero-order valence-electron chi connectivity index (χ0n) is 8.72. The number of ether oxygens (including phenoxy) is 1. The summed E-state index contributed by atoms with van der Waals surface area (Å²) in [5.74, 6) is -0.315. The summed E-state index contributed by atoms with van der Waals surface area (Å²) in [4.78, 5) is 11.2. The van der Waals surface area contributed by atoms with Gasteiger partial charge in [0.25, 0.3) is 0 Å². The van der Waals surface area contributed by atoms with E-state index in [0.29, 0.717) is 0 Å². The lowest BCUT2D eigenvalue weighted by Gasteiger charge is -2.30. The highest BCUT2D eigenvalue weighted by molar-refractivity contribution is 6.70. The van der Waals surface area contributed by atoms with Crippen LogP contribution in [0.15, 0.2) is 0 Å². The van der Waals surface area contributed by atoms with E-state index in [4.69, 9.17) is 4.43 Å². The minimum Gasteiger partial charge on any atom is -0.467 e. The molecule has 0 saturated carbocycles. The normalized spacial score (nSPS) is 12.8. The molecular weight excluding hydrogens is 172 g/mol. The molecule has 4 heteroatoms. The van der Waals surface area contributed by atoms with Gasteiger partial charge in [-0.25, -0.2) is 4.79 Å². The van der Waals surface area contributed by atoms with Gasteiger partial charge in [0.05, 0.1) is 7.11 Å². The molecule has 0 saturated heterocycles. The van der Waals surface area contributed by atoms with Gasteiger partial charge in [-0.2, -0.15) is 0 Å². The van der Waals surface area contributed by atoms with E-state index in [-0.39, 0.29) is 5.97 Å². The van der Waals surface area contributed by atoms with Crippen LogP contribution in [0.4, 0.5) is 0 Å². The van der Waals surface area contributed by atoms with Crippen molar-refractivity contribution in [1.29, 1.82) is 0 Å². The summed E-state index contributed by atoms with van der Waals surface area (Å²) in [5, 5.41) is 0. The Hall–Kier alpha value is -0.353. The largest absolute Gasteiger partial charge is 0.467 e. The monoisotopic (exact) mass is 190 g/mol. The molecule has 0 aromatic heterocycles. The lowest BCUT2D eigenvalue weighted by atomic mass is 10.1. The Kier molecular flexibility index (Phi) is 3.47. The van der Waals surface area contributed by atoms with Crippen LogP contribution in [0.1, 0.15) is 13.8 Å². The summed E-state index contributed by atoms with van der Waals surface area (Å²) in [6, 6.07) is 0. The quantitative estimate of drug-likeness (QED) is 0.503. The van der Waals surface area contributed by atoms with Crippen LogP contribution in [-0.4, -0.2) is 27.0 Å². The third-order valence-electron chi connectivity index (χ3n) is 1.24. The third-order valence-corrected chi connectivity index (χ3v) is 2.36. The van der Waals surface area contributed by atoms with E-state index in [2.05, 4.69) is 4.74 Å². The molecule has 0 aliphatic carbocycles. The highest BCUT2D eigenvalue weighted by atomic mass is 28.4. The first-order valence-corrected chi connectivity index (χ1v) is 7.38. The lowest BCUT2D eigenvalue weighted by molar-refractivity contribution is -0.156. The zero-order valence-corrected chi connectivity index (χ0v) is 9.72. The summed E-state index contributed by atoms with van der Waals surface area (Å²) in [6.45, 7) is 9.58. The van der Waals surface area contributed by atoms with Crippen LogP contribution in [0, 0.1) is 0 Å². The van der Waals surface area contributed by atoms with Crippen molar-refractivity contribution in [3.8, 4) is 0 Å². The van der Waals surface area contributed by atoms with E-state index in [1.807, 2.05) is 19.6 Å². The fourth-order valence-electron chi connectivity index (χ4n) is 1.05. The second-order valence-corrected chi connectivity index (χ2v) is 8.65. The molecule has 0 amide bonds. The van der Waals surface area contributed by atoms with Gasteiger partial charge in [-0.05, 0) is 33.5 Å². The van der Waals surface area contributed by atoms with Gasteiger partial charge in [0.15, 0.2) is 8.32 Å². The lowest BCUT2D eigenvalue weighted by Crippen LogP contribution is -2.44. The second kappa shape index (κ2) is 3.58. The van der Waals surface area contributed by atoms with E-state index in [9.17, 15) is 4.79 Å². The second-order valence-electron chi connectivity index (χ2n) is 4.22. The number of esters is 1. The molecule has 12 heavy (non-hydrogen) atoms. The van der Waals surface area contributed by atoms with E-state index in [1.165, 1.54) is 7.11 Å². The first-order chi connectivity index (χ1) is 5.19. The minimum atomic E-state index is -1.67. The molecule has 0 N–H and O–H groups in total. The highest BCUT2D eigenvalue weighted by Crippen LogP contribution is 2.18. The molecule has 0 spiro atoms. The Balaban J connectivity index is 4.32. The van der Waals surface area contributed by atoms with Gasteiger partial charge in [0.1, 0.15) is 5.60 Å². The van der Waals surface area contributed by atoms with E-state index >= 15 is 0 Å². The van der Waals surface area contributed by atoms with Crippen LogP contribution in [-0.2, 0) is 14.0 Å². The molecule has 0 unspecified atom stereocenters. The molecular formula is C8H18O3Si. The van der Waals surface area contributed by atoms with E-state index in [0.717, 1.165) is 0 Å². The summed E-state index contributed by atoms with van der Waals surface area (Å²) in [5.41, 5.74) is -0.806. The van der Waals surface area contributed by atoms with Crippen LogP contribution in [0.25, 0.3) is 0 Å². The Morgan fingerprint density at radius 2 is 1.67 bits per heavy atom. The molecule has 0 radical (unpaired) electrons. The van der Waals surface area contributed by atoms with Crippen molar-refractivity contribution in [3.05, 3.63) is 0 Å². The average molecular weight is 190 g/mol. The first-order valence-electron chi connectivity index (χ1n) is 3.97. The number of carbonyl (C=O) groups excluding carboxylic acids is 1. The molecule has 72 valence electrons. The molecule has 0 aliphatic rings. The number of rotatable bonds is 3. The number of methoxy groups -OCH3 is 1. The molecule has 0 fully saturated rings. The van der Waals surface area contributed by atoms with Gasteiger partial charge in [0, 0.05) is 0 Å². The van der Waals surface area contributed by atoms with Gasteiger partial charge in [-0.1, -0.05) is 0 Å². The van der Waals surface area contributed by atoms with Crippen molar-refractivity contribution >= 4 is 14.3 Å². The topological polar surface area (TPSA) is 35.5 Å².